The summed E-state index contributed by atoms with van der Waals surface area (Å²) in [7, 11) is 0. The van der Waals surface area contributed by atoms with Crippen LogP contribution in [0.3, 0.4) is 0 Å². The second-order valence-electron chi connectivity index (χ2n) is 10.5. The summed E-state index contributed by atoms with van der Waals surface area (Å²) < 4.78 is 47.0. The number of carbonyl (C=O) groups is 2. The van der Waals surface area contributed by atoms with Crippen molar-refractivity contribution in [3.8, 4) is 5.75 Å². The van der Waals surface area contributed by atoms with E-state index in [2.05, 4.69) is 5.32 Å². The number of carbonyl (C=O) groups excluding carboxylic acids is 2. The number of likely N-dealkylation sites (tertiary alicyclic amines) is 1. The molecule has 9 heteroatoms. The lowest BCUT2D eigenvalue weighted by Crippen LogP contribution is -2.42. The number of amides is 2. The van der Waals surface area contributed by atoms with Crippen molar-refractivity contribution in [2.75, 3.05) is 18.4 Å². The third-order valence-electron chi connectivity index (χ3n) is 6.64. The van der Waals surface area contributed by atoms with Gasteiger partial charge in [0.2, 0.25) is 6.41 Å². The van der Waals surface area contributed by atoms with Crippen molar-refractivity contribution in [2.45, 2.75) is 78.0 Å². The third kappa shape index (κ3) is 7.65. The highest BCUT2D eigenvalue weighted by atomic mass is 19.4. The van der Waals surface area contributed by atoms with Crippen LogP contribution in [-0.2, 0) is 21.1 Å². The first-order valence-corrected chi connectivity index (χ1v) is 12.9. The van der Waals surface area contributed by atoms with Crippen LogP contribution >= 0.6 is 0 Å². The Morgan fingerprint density at radius 1 is 1.03 bits per heavy atom. The molecule has 2 aromatic carbocycles. The van der Waals surface area contributed by atoms with E-state index in [0.29, 0.717) is 43.5 Å². The number of nitrogens with zero attached hydrogens (tertiary/aromatic N) is 1. The van der Waals surface area contributed by atoms with Crippen LogP contribution in [0, 0.1) is 5.92 Å². The third-order valence-corrected chi connectivity index (χ3v) is 6.64. The number of hydrogen-bond donors (Lipinski definition) is 2. The van der Waals surface area contributed by atoms with Crippen LogP contribution in [0.2, 0.25) is 0 Å². The normalized spacial score (nSPS) is 16.1. The molecule has 1 aliphatic heterocycles. The van der Waals surface area contributed by atoms with Crippen molar-refractivity contribution >= 4 is 18.2 Å². The zero-order chi connectivity index (χ0) is 28.7. The van der Waals surface area contributed by atoms with Crippen molar-refractivity contribution in [1.82, 2.24) is 4.90 Å². The highest BCUT2D eigenvalue weighted by molar-refractivity contribution is 5.78. The minimum Gasteiger partial charge on any atom is -0.508 e. The number of halogens is 3. The van der Waals surface area contributed by atoms with Crippen molar-refractivity contribution in [3.05, 3.63) is 59.2 Å². The fourth-order valence-electron chi connectivity index (χ4n) is 4.90. The lowest BCUT2D eigenvalue weighted by Gasteiger charge is -2.40. The molecule has 0 bridgehead atoms. The maximum Gasteiger partial charge on any atom is 0.418 e. The second-order valence-corrected chi connectivity index (χ2v) is 10.5. The van der Waals surface area contributed by atoms with Gasteiger partial charge < -0.3 is 20.1 Å². The van der Waals surface area contributed by atoms with E-state index < -0.39 is 22.8 Å². The Bertz CT molecular complexity index is 1070. The molecule has 210 valence electrons. The average molecular weight is 537 g/mol. The average Bonchev–Trinajstić information content (AvgIpc) is 2.84. The number of para-hydroxylation sites is 1. The smallest absolute Gasteiger partial charge is 0.418 e. The summed E-state index contributed by atoms with van der Waals surface area (Å²) in [6, 6.07) is 10.3. The van der Waals surface area contributed by atoms with Crippen LogP contribution < -0.4 is 5.32 Å². The molecule has 3 rings (SSSR count). The van der Waals surface area contributed by atoms with Crippen LogP contribution in [0.25, 0.3) is 0 Å². The quantitative estimate of drug-likeness (QED) is 0.379. The minimum atomic E-state index is -4.66. The molecule has 1 heterocycles. The van der Waals surface area contributed by atoms with Gasteiger partial charge in [-0.15, -0.1) is 0 Å². The standard InChI is InChI=1S/C27H33F3N2O4.C2H6/c1-25(2,3)36-24(35)32-14-12-18(13-15-32)16-26(4,19-8-10-20(34)11-9-19)21-6-5-7-22(27(28,29)30)23(21)31-17-33;1-2/h5-11,17-18,34H,12-16H2,1-4H3,(H,31,33);1-2H3. The van der Waals surface area contributed by atoms with Crippen LogP contribution in [0.4, 0.5) is 23.7 Å². The van der Waals surface area contributed by atoms with E-state index in [0.717, 1.165) is 6.07 Å². The molecular formula is C29H39F3N2O4. The Morgan fingerprint density at radius 3 is 2.08 bits per heavy atom. The van der Waals surface area contributed by atoms with Gasteiger partial charge in [-0.25, -0.2) is 4.79 Å². The van der Waals surface area contributed by atoms with Gasteiger partial charge in [-0.1, -0.05) is 45.0 Å². The molecule has 0 spiro atoms. The van der Waals surface area contributed by atoms with Gasteiger partial charge in [0, 0.05) is 18.5 Å². The Labute approximate surface area is 223 Å². The summed E-state index contributed by atoms with van der Waals surface area (Å²) >= 11 is 0. The first kappa shape index (κ1) is 31.0. The molecule has 2 aromatic rings. The zero-order valence-corrected chi connectivity index (χ0v) is 23.0. The van der Waals surface area contributed by atoms with Gasteiger partial charge in [0.1, 0.15) is 11.4 Å². The minimum absolute atomic E-state index is 0.0436. The lowest BCUT2D eigenvalue weighted by molar-refractivity contribution is -0.137. The molecule has 0 radical (unpaired) electrons. The number of hydrogen-bond acceptors (Lipinski definition) is 4. The molecule has 1 atom stereocenters. The topological polar surface area (TPSA) is 78.9 Å². The van der Waals surface area contributed by atoms with E-state index in [1.54, 1.807) is 43.9 Å². The zero-order valence-electron chi connectivity index (χ0n) is 23.0. The van der Waals surface area contributed by atoms with E-state index in [1.807, 2.05) is 20.8 Å². The molecule has 38 heavy (non-hydrogen) atoms. The number of ether oxygens (including phenoxy) is 1. The van der Waals surface area contributed by atoms with Crippen molar-refractivity contribution < 1.29 is 32.6 Å². The fourth-order valence-corrected chi connectivity index (χ4v) is 4.90. The predicted octanol–water partition coefficient (Wildman–Crippen LogP) is 7.35. The number of alkyl halides is 3. The van der Waals surface area contributed by atoms with Gasteiger partial charge in [-0.2, -0.15) is 13.2 Å². The monoisotopic (exact) mass is 536 g/mol. The van der Waals surface area contributed by atoms with E-state index in [1.165, 1.54) is 18.2 Å². The number of nitrogens with one attached hydrogen (secondary N) is 1. The Morgan fingerprint density at radius 2 is 1.58 bits per heavy atom. The largest absolute Gasteiger partial charge is 0.508 e. The van der Waals surface area contributed by atoms with Crippen LogP contribution in [0.15, 0.2) is 42.5 Å². The second kappa shape index (κ2) is 12.5. The van der Waals surface area contributed by atoms with Crippen molar-refractivity contribution in [3.63, 3.8) is 0 Å². The van der Waals surface area contributed by atoms with Crippen LogP contribution in [-0.4, -0.2) is 41.2 Å². The number of rotatable bonds is 6. The van der Waals surface area contributed by atoms with Gasteiger partial charge in [-0.05, 0) is 75.3 Å². The number of phenolic OH excluding ortho intramolecular Hbond substituents is 1. The Balaban J connectivity index is 0.00000247. The van der Waals surface area contributed by atoms with E-state index >= 15 is 0 Å². The lowest BCUT2D eigenvalue weighted by atomic mass is 9.68. The molecule has 1 unspecified atom stereocenters. The summed E-state index contributed by atoms with van der Waals surface area (Å²) in [6.45, 7) is 12.2. The SMILES string of the molecule is CC.CC(C)(C)OC(=O)N1CCC(CC(C)(c2ccc(O)cc2)c2cccc(C(F)(F)F)c2NC=O)CC1. The summed E-state index contributed by atoms with van der Waals surface area (Å²) in [6.07, 6.45) is -2.99. The fraction of sp³-hybridized carbons (Fsp3) is 0.517. The van der Waals surface area contributed by atoms with Crippen molar-refractivity contribution in [1.29, 1.82) is 0 Å². The number of phenols is 1. The van der Waals surface area contributed by atoms with E-state index in [-0.39, 0.29) is 29.9 Å². The summed E-state index contributed by atoms with van der Waals surface area (Å²) in [4.78, 5) is 25.5. The van der Waals surface area contributed by atoms with Gasteiger partial charge in [0.15, 0.2) is 0 Å². The van der Waals surface area contributed by atoms with Crippen LogP contribution in [0.1, 0.15) is 77.5 Å². The molecule has 0 aromatic heterocycles. The summed E-state index contributed by atoms with van der Waals surface area (Å²) in [5.74, 6) is 0.142. The first-order chi connectivity index (χ1) is 17.7. The molecular weight excluding hydrogens is 497 g/mol. The molecule has 2 amide bonds. The molecule has 0 aliphatic carbocycles. The number of piperidine rings is 1. The maximum absolute atomic E-state index is 13.9. The highest BCUT2D eigenvalue weighted by Gasteiger charge is 2.40. The molecule has 2 N–H and O–H groups in total. The molecule has 0 saturated carbocycles. The van der Waals surface area contributed by atoms with E-state index in [4.69, 9.17) is 4.74 Å². The maximum atomic E-state index is 13.9. The highest BCUT2D eigenvalue weighted by Crippen LogP contribution is 2.47. The molecule has 1 aliphatic rings. The Hall–Kier alpha value is -3.23. The Kier molecular flexibility index (Phi) is 10.2. The summed E-state index contributed by atoms with van der Waals surface area (Å²) in [5, 5.41) is 12.1. The van der Waals surface area contributed by atoms with Crippen LogP contribution in [0.5, 0.6) is 5.75 Å². The van der Waals surface area contributed by atoms with Gasteiger partial charge in [0.25, 0.3) is 0 Å². The van der Waals surface area contributed by atoms with E-state index in [9.17, 15) is 27.9 Å². The number of anilines is 1. The number of benzene rings is 2. The predicted molar refractivity (Wildman–Crippen MR) is 142 cm³/mol. The molecule has 1 saturated heterocycles. The summed E-state index contributed by atoms with van der Waals surface area (Å²) in [5.41, 5.74) is -1.66. The molecule has 1 fully saturated rings. The van der Waals surface area contributed by atoms with Crippen molar-refractivity contribution in [2.24, 2.45) is 5.92 Å². The number of aromatic hydroxyl groups is 1. The molecule has 6 nitrogen and oxygen atoms in total. The first-order valence-electron chi connectivity index (χ1n) is 12.9. The van der Waals surface area contributed by atoms with Gasteiger partial charge in [-0.3, -0.25) is 4.79 Å². The van der Waals surface area contributed by atoms with Gasteiger partial charge in [0.05, 0.1) is 11.3 Å². The van der Waals surface area contributed by atoms with Gasteiger partial charge >= 0.3 is 12.3 Å².